The second-order valence-electron chi connectivity index (χ2n) is 13.3. The maximum atomic E-state index is 12.2. The van der Waals surface area contributed by atoms with Crippen LogP contribution in [0.2, 0.25) is 0 Å². The van der Waals surface area contributed by atoms with Gasteiger partial charge in [0, 0.05) is 43.2 Å². The van der Waals surface area contributed by atoms with Crippen LogP contribution in [0.15, 0.2) is 48.5 Å². The summed E-state index contributed by atoms with van der Waals surface area (Å²) in [4.78, 5) is 15.0. The summed E-state index contributed by atoms with van der Waals surface area (Å²) >= 11 is 0. The number of hydrogen-bond acceptors (Lipinski definition) is 6. The first-order chi connectivity index (χ1) is 20.6. The monoisotopic (exact) mass is 579 g/mol. The molecule has 7 rings (SSSR count). The van der Waals surface area contributed by atoms with Gasteiger partial charge in [-0.25, -0.2) is 4.68 Å². The Kier molecular flexibility index (Phi) is 6.82. The van der Waals surface area contributed by atoms with Gasteiger partial charge >= 0.3 is 5.97 Å². The topological polar surface area (TPSA) is 92.5 Å². The van der Waals surface area contributed by atoms with Crippen LogP contribution in [-0.4, -0.2) is 56.2 Å². The van der Waals surface area contributed by atoms with Gasteiger partial charge in [0.05, 0.1) is 19.0 Å². The van der Waals surface area contributed by atoms with Crippen molar-refractivity contribution in [3.8, 4) is 5.75 Å². The standard InChI is InChI=1S/C35H41N5O3/c1-20-23(12-15-29-33(20)37-38-39(29)4)26(18-32(41)42)22-10-9-21-11-14-28(27(21)17-22)40-19-35(2,3)36-34-25-7-6-8-31(43-5)24(25)13-16-30(34)40/h6-10,12,15,17,26,28,30,34,36H,11,13-14,16,18-19H2,1-5H3,(H,41,42). The molecule has 0 saturated carbocycles. The molecule has 1 aliphatic heterocycles. The van der Waals surface area contributed by atoms with E-state index in [9.17, 15) is 9.90 Å². The van der Waals surface area contributed by atoms with E-state index in [1.54, 1.807) is 11.8 Å². The molecular weight excluding hydrogens is 538 g/mol. The van der Waals surface area contributed by atoms with Gasteiger partial charge in [0.2, 0.25) is 0 Å². The minimum absolute atomic E-state index is 0.0278. The average Bonchev–Trinajstić information content (AvgIpc) is 3.58. The first kappa shape index (κ1) is 28.0. The molecule has 1 fully saturated rings. The predicted molar refractivity (Wildman–Crippen MR) is 167 cm³/mol. The molecule has 2 N–H and O–H groups in total. The molecule has 0 spiro atoms. The van der Waals surface area contributed by atoms with Crippen LogP contribution in [-0.2, 0) is 24.7 Å². The van der Waals surface area contributed by atoms with Crippen molar-refractivity contribution in [3.63, 3.8) is 0 Å². The molecule has 1 aromatic heterocycles. The Labute approximate surface area is 253 Å². The van der Waals surface area contributed by atoms with Crippen LogP contribution < -0.4 is 10.1 Å². The molecule has 4 aromatic rings. The largest absolute Gasteiger partial charge is 0.496 e. The van der Waals surface area contributed by atoms with Crippen LogP contribution in [0.3, 0.4) is 0 Å². The number of nitrogens with one attached hydrogen (secondary N) is 1. The van der Waals surface area contributed by atoms with Crippen molar-refractivity contribution in [1.29, 1.82) is 0 Å². The molecule has 43 heavy (non-hydrogen) atoms. The van der Waals surface area contributed by atoms with Crippen molar-refractivity contribution in [2.24, 2.45) is 7.05 Å². The lowest BCUT2D eigenvalue weighted by atomic mass is 9.77. The van der Waals surface area contributed by atoms with Crippen LogP contribution in [0.25, 0.3) is 11.0 Å². The normalized spacial score (nSPS) is 23.4. The maximum Gasteiger partial charge on any atom is 0.304 e. The minimum atomic E-state index is -0.802. The van der Waals surface area contributed by atoms with E-state index in [0.29, 0.717) is 12.1 Å². The van der Waals surface area contributed by atoms with Crippen molar-refractivity contribution >= 4 is 17.0 Å². The van der Waals surface area contributed by atoms with Crippen LogP contribution in [0.1, 0.15) is 90.1 Å². The molecule has 4 atom stereocenters. The van der Waals surface area contributed by atoms with Crippen molar-refractivity contribution in [2.75, 3.05) is 13.7 Å². The minimum Gasteiger partial charge on any atom is -0.496 e. The first-order valence-electron chi connectivity index (χ1n) is 15.5. The highest BCUT2D eigenvalue weighted by Gasteiger charge is 2.46. The van der Waals surface area contributed by atoms with Gasteiger partial charge in [-0.1, -0.05) is 41.6 Å². The number of carboxylic acids is 1. The third-order valence-electron chi connectivity index (χ3n) is 10.2. The zero-order chi connectivity index (χ0) is 30.0. The Morgan fingerprint density at radius 3 is 2.77 bits per heavy atom. The van der Waals surface area contributed by atoms with Crippen LogP contribution in [0.4, 0.5) is 0 Å². The van der Waals surface area contributed by atoms with E-state index in [4.69, 9.17) is 4.74 Å². The van der Waals surface area contributed by atoms with Gasteiger partial charge < -0.3 is 15.2 Å². The Bertz CT molecular complexity index is 1730. The lowest BCUT2D eigenvalue weighted by molar-refractivity contribution is -0.137. The molecule has 224 valence electrons. The third kappa shape index (κ3) is 4.71. The number of carboxylic acid groups (broad SMARTS) is 1. The summed E-state index contributed by atoms with van der Waals surface area (Å²) in [5, 5.41) is 22.6. The van der Waals surface area contributed by atoms with Gasteiger partial charge in [-0.2, -0.15) is 0 Å². The number of rotatable bonds is 6. The second kappa shape index (κ2) is 10.5. The summed E-state index contributed by atoms with van der Waals surface area (Å²) in [5.74, 6) is -0.0802. The summed E-state index contributed by atoms with van der Waals surface area (Å²) in [6.45, 7) is 7.62. The van der Waals surface area contributed by atoms with Gasteiger partial charge in [0.1, 0.15) is 11.3 Å². The quantitative estimate of drug-likeness (QED) is 0.306. The molecular formula is C35H41N5O3. The van der Waals surface area contributed by atoms with E-state index in [2.05, 4.69) is 76.8 Å². The summed E-state index contributed by atoms with van der Waals surface area (Å²) in [5.41, 5.74) is 10.2. The van der Waals surface area contributed by atoms with Crippen LogP contribution in [0.5, 0.6) is 5.75 Å². The molecule has 0 amide bonds. The zero-order valence-electron chi connectivity index (χ0n) is 25.7. The van der Waals surface area contributed by atoms with Gasteiger partial charge in [-0.3, -0.25) is 9.69 Å². The fraction of sp³-hybridized carbons (Fsp3) is 0.457. The van der Waals surface area contributed by atoms with Crippen LogP contribution in [0, 0.1) is 6.92 Å². The molecule has 3 aromatic carbocycles. The van der Waals surface area contributed by atoms with Gasteiger partial charge in [-0.15, -0.1) is 5.10 Å². The number of ether oxygens (including phenoxy) is 1. The number of aromatic nitrogens is 3. The number of fused-ring (bicyclic) bond motifs is 5. The Morgan fingerprint density at radius 2 is 1.98 bits per heavy atom. The van der Waals surface area contributed by atoms with Crippen molar-refractivity contribution in [1.82, 2.24) is 25.2 Å². The summed E-state index contributed by atoms with van der Waals surface area (Å²) in [6.07, 6.45) is 4.23. The van der Waals surface area contributed by atoms with Gasteiger partial charge in [0.25, 0.3) is 0 Å². The third-order valence-corrected chi connectivity index (χ3v) is 10.2. The first-order valence-corrected chi connectivity index (χ1v) is 15.5. The van der Waals surface area contributed by atoms with E-state index < -0.39 is 5.97 Å². The number of aryl methyl sites for hydroxylation is 3. The maximum absolute atomic E-state index is 12.2. The predicted octanol–water partition coefficient (Wildman–Crippen LogP) is 5.62. The van der Waals surface area contributed by atoms with Crippen LogP contribution >= 0.6 is 0 Å². The van der Waals surface area contributed by atoms with E-state index in [1.807, 2.05) is 20.0 Å². The second-order valence-corrected chi connectivity index (χ2v) is 13.3. The van der Waals surface area contributed by atoms with E-state index in [-0.39, 0.29) is 23.9 Å². The Morgan fingerprint density at radius 1 is 1.14 bits per heavy atom. The zero-order valence-corrected chi connectivity index (χ0v) is 25.7. The molecule has 1 saturated heterocycles. The molecule has 3 aliphatic rings. The molecule has 8 nitrogen and oxygen atoms in total. The fourth-order valence-corrected chi connectivity index (χ4v) is 8.28. The Hall–Kier alpha value is -3.75. The van der Waals surface area contributed by atoms with Crippen molar-refractivity contribution in [3.05, 3.63) is 87.5 Å². The number of piperazine rings is 1. The highest BCUT2D eigenvalue weighted by atomic mass is 16.5. The number of aliphatic carboxylic acids is 1. The average molecular weight is 580 g/mol. The van der Waals surface area contributed by atoms with E-state index in [0.717, 1.165) is 65.7 Å². The molecule has 0 radical (unpaired) electrons. The number of hydrogen-bond donors (Lipinski definition) is 2. The Balaban J connectivity index is 1.27. The van der Waals surface area contributed by atoms with Crippen molar-refractivity contribution in [2.45, 2.75) is 82.5 Å². The SMILES string of the molecule is COc1cccc2c1CCC1C2NC(C)(C)CN1C1CCc2ccc(C(CC(=O)O)c3ccc4c(nnn4C)c3C)cc21. The summed E-state index contributed by atoms with van der Waals surface area (Å²) < 4.78 is 7.52. The van der Waals surface area contributed by atoms with Gasteiger partial charge in [-0.05, 0) is 97.5 Å². The highest BCUT2D eigenvalue weighted by Crippen LogP contribution is 2.47. The van der Waals surface area contributed by atoms with Crippen molar-refractivity contribution < 1.29 is 14.6 Å². The molecule has 2 heterocycles. The lowest BCUT2D eigenvalue weighted by Gasteiger charge is -2.54. The van der Waals surface area contributed by atoms with E-state index in [1.165, 1.54) is 22.3 Å². The van der Waals surface area contributed by atoms with E-state index >= 15 is 0 Å². The number of carbonyl (C=O) groups is 1. The lowest BCUT2D eigenvalue weighted by Crippen LogP contribution is -2.64. The number of methoxy groups -OCH3 is 1. The highest BCUT2D eigenvalue weighted by molar-refractivity contribution is 5.80. The molecule has 8 heteroatoms. The molecule has 4 unspecified atom stereocenters. The summed E-state index contributed by atoms with van der Waals surface area (Å²) in [7, 11) is 3.65. The number of nitrogens with zero attached hydrogens (tertiary/aromatic N) is 4. The smallest absolute Gasteiger partial charge is 0.304 e. The van der Waals surface area contributed by atoms with Gasteiger partial charge in [0.15, 0.2) is 0 Å². The summed E-state index contributed by atoms with van der Waals surface area (Å²) in [6, 6.07) is 18.2. The number of benzene rings is 3. The molecule has 2 aliphatic carbocycles. The molecule has 0 bridgehead atoms. The fourth-order valence-electron chi connectivity index (χ4n) is 8.28.